The fourth-order valence-corrected chi connectivity index (χ4v) is 9.30. The Kier molecular flexibility index (Phi) is 17.1. The van der Waals surface area contributed by atoms with Crippen LogP contribution in [0.3, 0.4) is 0 Å². The van der Waals surface area contributed by atoms with Crippen molar-refractivity contribution < 1.29 is 46.3 Å². The van der Waals surface area contributed by atoms with Crippen LogP contribution in [0, 0.1) is 0 Å². The Morgan fingerprint density at radius 3 is 1.03 bits per heavy atom. The van der Waals surface area contributed by atoms with E-state index in [-0.39, 0.29) is 34.9 Å². The van der Waals surface area contributed by atoms with E-state index in [0.717, 1.165) is 22.3 Å². The highest BCUT2D eigenvalue weighted by molar-refractivity contribution is 7.56. The van der Waals surface area contributed by atoms with Gasteiger partial charge >= 0.3 is 27.1 Å². The standard InChI is InChI=1S/C25H35O5P.C24H33O5P/c1-9-28-23(26)18(2)31(27,29-21-16-12-10-14-19(21)24(3,4)5)30-22-17-13-11-15-20(22)25(6,7)8;1-8-27-22(25)17-30(26,28-20-15-11-9-13-18(20)23(2,3)4)29-21-16-12-10-14-19(21)24(5,6)7/h10-18H,9H2,1-8H3;9-16H,8,17H2,1-7H3. The predicted octanol–water partition coefficient (Wildman–Crippen LogP) is 13.4. The SMILES string of the molecule is CCOC(=O)C(C)P(=O)(Oc1ccccc1C(C)(C)C)Oc1ccccc1C(C)(C)C.CCOC(=O)CP(=O)(Oc1ccccc1C(C)(C)C)Oc1ccccc1C(C)(C)C. The lowest BCUT2D eigenvalue weighted by molar-refractivity contribution is -0.142. The van der Waals surface area contributed by atoms with Crippen molar-refractivity contribution in [3.05, 3.63) is 119 Å². The monoisotopic (exact) mass is 878 g/mol. The number of benzene rings is 4. The summed E-state index contributed by atoms with van der Waals surface area (Å²) in [4.78, 5) is 24.8. The molecule has 0 amide bonds. The van der Waals surface area contributed by atoms with E-state index in [1.165, 1.54) is 6.92 Å². The van der Waals surface area contributed by atoms with Crippen molar-refractivity contribution in [1.29, 1.82) is 0 Å². The molecule has 1 unspecified atom stereocenters. The van der Waals surface area contributed by atoms with Gasteiger partial charge in [-0.3, -0.25) is 9.59 Å². The molecule has 61 heavy (non-hydrogen) atoms. The lowest BCUT2D eigenvalue weighted by Gasteiger charge is -2.30. The van der Waals surface area contributed by atoms with Crippen LogP contribution in [0.4, 0.5) is 0 Å². The van der Waals surface area contributed by atoms with Crippen molar-refractivity contribution in [2.24, 2.45) is 0 Å². The summed E-state index contributed by atoms with van der Waals surface area (Å²) in [6.45, 7) is 29.8. The van der Waals surface area contributed by atoms with Crippen molar-refractivity contribution in [1.82, 2.24) is 0 Å². The smallest absolute Gasteiger partial charge is 0.444 e. The summed E-state index contributed by atoms with van der Waals surface area (Å²) < 4.78 is 62.4. The molecular weight excluding hydrogens is 810 g/mol. The Labute approximate surface area is 365 Å². The minimum Gasteiger partial charge on any atom is -0.465 e. The Hall–Kier alpha value is -4.52. The third-order valence-electron chi connectivity index (χ3n) is 9.44. The van der Waals surface area contributed by atoms with Crippen LogP contribution in [0.1, 0.15) is 126 Å². The summed E-state index contributed by atoms with van der Waals surface area (Å²) in [6.07, 6.45) is -0.474. The first-order valence-corrected chi connectivity index (χ1v) is 24.2. The molecular formula is C49H68O10P2. The molecule has 4 aromatic rings. The van der Waals surface area contributed by atoms with Crippen molar-refractivity contribution in [3.8, 4) is 23.0 Å². The van der Waals surface area contributed by atoms with Crippen LogP contribution in [0.25, 0.3) is 0 Å². The van der Waals surface area contributed by atoms with E-state index in [9.17, 15) is 18.7 Å². The molecule has 12 heteroatoms. The van der Waals surface area contributed by atoms with Gasteiger partial charge < -0.3 is 27.6 Å². The van der Waals surface area contributed by atoms with E-state index in [1.54, 1.807) is 38.1 Å². The molecule has 0 bridgehead atoms. The Balaban J connectivity index is 0.000000325. The van der Waals surface area contributed by atoms with E-state index in [0.29, 0.717) is 23.0 Å². The van der Waals surface area contributed by atoms with Crippen molar-refractivity contribution >= 4 is 27.1 Å². The van der Waals surface area contributed by atoms with Crippen molar-refractivity contribution in [2.45, 2.75) is 131 Å². The van der Waals surface area contributed by atoms with Gasteiger partial charge in [-0.2, -0.15) is 0 Å². The molecule has 0 N–H and O–H groups in total. The van der Waals surface area contributed by atoms with Crippen LogP contribution < -0.4 is 18.1 Å². The van der Waals surface area contributed by atoms with Gasteiger partial charge in [0, 0.05) is 22.3 Å². The van der Waals surface area contributed by atoms with Gasteiger partial charge in [-0.05, 0) is 66.7 Å². The Bertz CT molecular complexity index is 2060. The lowest BCUT2D eigenvalue weighted by atomic mass is 9.86. The number of carbonyl (C=O) groups excluding carboxylic acids is 2. The Morgan fingerprint density at radius 2 is 0.754 bits per heavy atom. The highest BCUT2D eigenvalue weighted by Crippen LogP contribution is 2.56. The summed E-state index contributed by atoms with van der Waals surface area (Å²) in [7, 11) is -7.92. The fourth-order valence-electron chi connectivity index (χ4n) is 6.25. The molecule has 0 spiro atoms. The third kappa shape index (κ3) is 14.5. The molecule has 0 aliphatic carbocycles. The molecule has 0 aliphatic heterocycles. The quantitative estimate of drug-likeness (QED) is 0.0893. The lowest BCUT2D eigenvalue weighted by Crippen LogP contribution is -2.26. The maximum Gasteiger partial charge on any atom is 0.444 e. The molecule has 0 aromatic heterocycles. The zero-order valence-electron chi connectivity index (χ0n) is 38.9. The molecule has 1 atom stereocenters. The summed E-state index contributed by atoms with van der Waals surface area (Å²) >= 11 is 0. The molecule has 0 aliphatic rings. The summed E-state index contributed by atoms with van der Waals surface area (Å²) in [6, 6.07) is 29.6. The number of esters is 2. The number of hydrogen-bond donors (Lipinski definition) is 0. The normalized spacial score (nSPS) is 12.9. The molecule has 0 saturated carbocycles. The minimum absolute atomic E-state index is 0.181. The molecule has 0 heterocycles. The van der Waals surface area contributed by atoms with E-state index < -0.39 is 39.0 Å². The summed E-state index contributed by atoms with van der Waals surface area (Å²) in [5, 5.41) is 0. The molecule has 0 radical (unpaired) electrons. The summed E-state index contributed by atoms with van der Waals surface area (Å²) in [5.41, 5.74) is 1.41. The zero-order chi connectivity index (χ0) is 46.0. The summed E-state index contributed by atoms with van der Waals surface area (Å²) in [5.74, 6) is 0.497. The maximum absolute atomic E-state index is 14.2. The van der Waals surface area contributed by atoms with Gasteiger partial charge in [0.05, 0.1) is 13.2 Å². The van der Waals surface area contributed by atoms with E-state index >= 15 is 0 Å². The predicted molar refractivity (Wildman–Crippen MR) is 246 cm³/mol. The van der Waals surface area contributed by atoms with Crippen molar-refractivity contribution in [2.75, 3.05) is 19.4 Å². The largest absolute Gasteiger partial charge is 0.465 e. The molecule has 10 nitrogen and oxygen atoms in total. The highest BCUT2D eigenvalue weighted by atomic mass is 31.2. The maximum atomic E-state index is 14.2. The average Bonchev–Trinajstić information content (AvgIpc) is 3.14. The van der Waals surface area contributed by atoms with Gasteiger partial charge in [0.25, 0.3) is 0 Å². The highest BCUT2D eigenvalue weighted by Gasteiger charge is 2.44. The zero-order valence-corrected chi connectivity index (χ0v) is 40.7. The first kappa shape index (κ1) is 50.8. The van der Waals surface area contributed by atoms with Crippen LogP contribution in [0.5, 0.6) is 23.0 Å². The second-order valence-corrected chi connectivity index (χ2v) is 23.0. The number of hydrogen-bond acceptors (Lipinski definition) is 10. The van der Waals surface area contributed by atoms with Crippen LogP contribution in [0.2, 0.25) is 0 Å². The van der Waals surface area contributed by atoms with Crippen LogP contribution in [0.15, 0.2) is 97.1 Å². The van der Waals surface area contributed by atoms with Crippen LogP contribution >= 0.6 is 15.2 Å². The first-order chi connectivity index (χ1) is 28.1. The van der Waals surface area contributed by atoms with Gasteiger partial charge in [-0.25, -0.2) is 9.13 Å². The molecule has 0 saturated heterocycles. The first-order valence-electron chi connectivity index (χ1n) is 20.8. The van der Waals surface area contributed by atoms with Gasteiger partial charge in [-0.1, -0.05) is 156 Å². The van der Waals surface area contributed by atoms with Crippen LogP contribution in [-0.2, 0) is 49.9 Å². The number of para-hydroxylation sites is 4. The van der Waals surface area contributed by atoms with Crippen molar-refractivity contribution in [3.63, 3.8) is 0 Å². The number of rotatable bonds is 14. The molecule has 334 valence electrons. The van der Waals surface area contributed by atoms with Gasteiger partial charge in [0.15, 0.2) is 11.8 Å². The third-order valence-corrected chi connectivity index (χ3v) is 13.1. The number of carbonyl (C=O) groups is 2. The topological polar surface area (TPSA) is 124 Å². The Morgan fingerprint density at radius 1 is 0.475 bits per heavy atom. The fraction of sp³-hybridized carbons (Fsp3) is 0.469. The number of ether oxygens (including phenoxy) is 2. The molecule has 0 fully saturated rings. The average molecular weight is 879 g/mol. The molecule has 4 rings (SSSR count). The second-order valence-electron chi connectivity index (χ2n) is 18.9. The van der Waals surface area contributed by atoms with E-state index in [2.05, 4.69) is 0 Å². The van der Waals surface area contributed by atoms with Gasteiger partial charge in [-0.15, -0.1) is 0 Å². The van der Waals surface area contributed by atoms with E-state index in [1.807, 2.05) is 156 Å². The van der Waals surface area contributed by atoms with E-state index in [4.69, 9.17) is 27.6 Å². The van der Waals surface area contributed by atoms with Crippen LogP contribution in [-0.4, -0.2) is 37.0 Å². The minimum atomic E-state index is -4.01. The van der Waals surface area contributed by atoms with Gasteiger partial charge in [0.1, 0.15) is 23.0 Å². The molecule has 4 aromatic carbocycles. The van der Waals surface area contributed by atoms with Gasteiger partial charge in [0.2, 0.25) is 0 Å². The second kappa shape index (κ2) is 20.6.